The molecule has 1 aliphatic carbocycles. The fourth-order valence-electron chi connectivity index (χ4n) is 7.09. The zero-order valence-corrected chi connectivity index (χ0v) is 30.5. The fourth-order valence-corrected chi connectivity index (χ4v) is 7.35. The first-order valence-corrected chi connectivity index (χ1v) is 17.8. The number of pyridine rings is 1. The minimum atomic E-state index is -1.17. The van der Waals surface area contributed by atoms with E-state index >= 15 is 0 Å². The normalized spacial score (nSPS) is 29.3. The Morgan fingerprint density at radius 2 is 1.98 bits per heavy atom. The third-order valence-electron chi connectivity index (χ3n) is 9.75. The van der Waals surface area contributed by atoms with Crippen LogP contribution in [0.5, 0.6) is 11.6 Å². The van der Waals surface area contributed by atoms with Crippen LogP contribution in [0.1, 0.15) is 73.6 Å². The number of halogens is 1. The first-order valence-electron chi connectivity index (χ1n) is 17.4. The Hall–Kier alpha value is -3.41. The molecular weight excluding hydrogens is 648 g/mol. The molecule has 2 amide bonds. The Kier molecular flexibility index (Phi) is 11.5. The van der Waals surface area contributed by atoms with Gasteiger partial charge in [0.05, 0.1) is 49.9 Å². The average molecular weight is 699 g/mol. The van der Waals surface area contributed by atoms with E-state index in [1.165, 1.54) is 0 Å². The maximum Gasteiger partial charge on any atom is 0.332 e. The van der Waals surface area contributed by atoms with Crippen LogP contribution >= 0.6 is 11.6 Å². The number of amides is 2. The molecule has 49 heavy (non-hydrogen) atoms. The molecule has 5 rings (SSSR count). The molecule has 2 fully saturated rings. The fraction of sp³-hybridized carbons (Fsp3) is 0.622. The summed E-state index contributed by atoms with van der Waals surface area (Å²) < 4.78 is 23.4. The molecule has 1 unspecified atom stereocenters. The number of hydrogen-bond donors (Lipinski definition) is 2. The van der Waals surface area contributed by atoms with Crippen molar-refractivity contribution in [2.75, 3.05) is 27.0 Å². The Morgan fingerprint density at radius 3 is 2.69 bits per heavy atom. The molecule has 0 spiro atoms. The van der Waals surface area contributed by atoms with E-state index in [2.05, 4.69) is 35.5 Å². The summed E-state index contributed by atoms with van der Waals surface area (Å²) in [7, 11) is 1.55. The summed E-state index contributed by atoms with van der Waals surface area (Å²) in [6.45, 7) is 12.4. The molecule has 268 valence electrons. The lowest BCUT2D eigenvalue weighted by molar-refractivity contribution is -0.150. The van der Waals surface area contributed by atoms with Gasteiger partial charge in [0.25, 0.3) is 0 Å². The van der Waals surface area contributed by atoms with Crippen LogP contribution in [-0.2, 0) is 23.9 Å². The van der Waals surface area contributed by atoms with Gasteiger partial charge in [0.2, 0.25) is 17.7 Å². The highest BCUT2D eigenvalue weighted by Crippen LogP contribution is 2.46. The predicted molar refractivity (Wildman–Crippen MR) is 187 cm³/mol. The number of benzene rings is 1. The van der Waals surface area contributed by atoms with Crippen LogP contribution in [0.25, 0.3) is 10.8 Å². The standard InChI is InChI=1S/C37H51ClN4O7/c1-8-47-35(45)37-18-24(37)13-10-9-12-22(2)16-23(3)31(40-21-48-36(4,5)6)34(44)42-20-25(17-28(42)32(43)41-37)49-33-26-14-11-15-27(38)30(26)29(46-7)19-39-33/h10-11,13-15,19,22-25,28,31,40H,8-9,12,16-18,20-21H2,1-7H3,(H,41,43)/t22?,23-,24-,25-,28+,31+,37-/m1/s1. The number of fused-ring (bicyclic) bond motifs is 3. The van der Waals surface area contributed by atoms with Crippen LogP contribution in [0.3, 0.4) is 0 Å². The van der Waals surface area contributed by atoms with Gasteiger partial charge in [0, 0.05) is 23.1 Å². The predicted octanol–water partition coefficient (Wildman–Crippen LogP) is 5.43. The van der Waals surface area contributed by atoms with E-state index in [9.17, 15) is 14.4 Å². The van der Waals surface area contributed by atoms with Crippen molar-refractivity contribution >= 4 is 40.2 Å². The number of aromatic nitrogens is 1. The monoisotopic (exact) mass is 698 g/mol. The van der Waals surface area contributed by atoms with Gasteiger partial charge in [-0.2, -0.15) is 0 Å². The lowest BCUT2D eigenvalue weighted by Gasteiger charge is -2.33. The Labute approximate surface area is 294 Å². The van der Waals surface area contributed by atoms with Crippen molar-refractivity contribution in [2.24, 2.45) is 17.8 Å². The third-order valence-corrected chi connectivity index (χ3v) is 10.1. The maximum atomic E-state index is 14.6. The van der Waals surface area contributed by atoms with Crippen LogP contribution < -0.4 is 20.1 Å². The highest BCUT2D eigenvalue weighted by Gasteiger charge is 2.62. The first-order chi connectivity index (χ1) is 23.3. The number of carbonyl (C=O) groups excluding carboxylic acids is 3. The second-order valence-electron chi connectivity index (χ2n) is 14.7. The van der Waals surface area contributed by atoms with E-state index in [-0.39, 0.29) is 44.0 Å². The van der Waals surface area contributed by atoms with Gasteiger partial charge >= 0.3 is 5.97 Å². The van der Waals surface area contributed by atoms with Gasteiger partial charge in [-0.3, -0.25) is 14.9 Å². The highest BCUT2D eigenvalue weighted by molar-refractivity contribution is 6.36. The molecule has 0 radical (unpaired) electrons. The molecule has 2 aliphatic heterocycles. The highest BCUT2D eigenvalue weighted by atomic mass is 35.5. The number of ether oxygens (including phenoxy) is 4. The molecule has 1 aromatic heterocycles. The summed E-state index contributed by atoms with van der Waals surface area (Å²) in [6.07, 6.45) is 8.31. The molecule has 1 saturated carbocycles. The molecule has 2 N–H and O–H groups in total. The summed E-state index contributed by atoms with van der Waals surface area (Å²) in [5.74, 6) is -0.167. The molecule has 7 atom stereocenters. The van der Waals surface area contributed by atoms with Gasteiger partial charge in [-0.05, 0) is 77.3 Å². The van der Waals surface area contributed by atoms with Gasteiger partial charge in [-0.1, -0.05) is 43.7 Å². The lowest BCUT2D eigenvalue weighted by Crippen LogP contribution is -2.57. The molecule has 1 saturated heterocycles. The van der Waals surface area contributed by atoms with E-state index < -0.39 is 41.2 Å². The van der Waals surface area contributed by atoms with Crippen molar-refractivity contribution in [3.05, 3.63) is 41.6 Å². The number of rotatable bonds is 8. The molecule has 3 heterocycles. The number of esters is 1. The van der Waals surface area contributed by atoms with Crippen molar-refractivity contribution in [3.63, 3.8) is 0 Å². The van der Waals surface area contributed by atoms with Gasteiger partial charge in [0.15, 0.2) is 0 Å². The third kappa shape index (κ3) is 8.32. The number of nitrogens with one attached hydrogen (secondary N) is 2. The Balaban J connectivity index is 1.50. The van der Waals surface area contributed by atoms with Gasteiger partial charge in [0.1, 0.15) is 23.4 Å². The molecule has 2 aromatic rings. The maximum absolute atomic E-state index is 14.6. The molecule has 0 bridgehead atoms. The summed E-state index contributed by atoms with van der Waals surface area (Å²) >= 11 is 6.55. The van der Waals surface area contributed by atoms with E-state index in [0.717, 1.165) is 19.3 Å². The number of hydrogen-bond acceptors (Lipinski definition) is 9. The van der Waals surface area contributed by atoms with Crippen molar-refractivity contribution in [3.8, 4) is 11.6 Å². The zero-order valence-electron chi connectivity index (χ0n) is 29.7. The minimum Gasteiger partial charge on any atom is -0.494 e. The summed E-state index contributed by atoms with van der Waals surface area (Å²) in [5, 5.41) is 8.21. The second-order valence-corrected chi connectivity index (χ2v) is 15.1. The van der Waals surface area contributed by atoms with Crippen molar-refractivity contribution < 1.29 is 33.3 Å². The van der Waals surface area contributed by atoms with Crippen molar-refractivity contribution in [1.29, 1.82) is 0 Å². The topological polar surface area (TPSA) is 128 Å². The van der Waals surface area contributed by atoms with E-state index in [0.29, 0.717) is 39.8 Å². The smallest absolute Gasteiger partial charge is 0.332 e. The van der Waals surface area contributed by atoms with Crippen molar-refractivity contribution in [2.45, 2.75) is 103 Å². The number of nitrogens with zero attached hydrogens (tertiary/aromatic N) is 2. The van der Waals surface area contributed by atoms with Crippen LogP contribution in [0.4, 0.5) is 0 Å². The first kappa shape index (κ1) is 36.9. The quantitative estimate of drug-likeness (QED) is 0.211. The lowest BCUT2D eigenvalue weighted by atomic mass is 9.88. The number of carbonyl (C=O) groups is 3. The molecule has 12 heteroatoms. The summed E-state index contributed by atoms with van der Waals surface area (Å²) in [5.41, 5.74) is -1.58. The van der Waals surface area contributed by atoms with Crippen molar-refractivity contribution in [1.82, 2.24) is 20.5 Å². The van der Waals surface area contributed by atoms with E-state index in [1.54, 1.807) is 31.2 Å². The Bertz CT molecular complexity index is 1560. The second kappa shape index (κ2) is 15.2. The number of methoxy groups -OCH3 is 1. The zero-order chi connectivity index (χ0) is 35.5. The van der Waals surface area contributed by atoms with Crippen LogP contribution in [0.2, 0.25) is 5.02 Å². The van der Waals surface area contributed by atoms with Crippen LogP contribution in [0, 0.1) is 17.8 Å². The van der Waals surface area contributed by atoms with Crippen LogP contribution in [-0.4, -0.2) is 84.0 Å². The summed E-state index contributed by atoms with van der Waals surface area (Å²) in [4.78, 5) is 48.3. The minimum absolute atomic E-state index is 0.0579. The summed E-state index contributed by atoms with van der Waals surface area (Å²) in [6, 6.07) is 3.90. The van der Waals surface area contributed by atoms with E-state index in [1.807, 2.05) is 39.0 Å². The van der Waals surface area contributed by atoms with Gasteiger partial charge in [-0.15, -0.1) is 0 Å². The average Bonchev–Trinajstić information content (AvgIpc) is 3.57. The molecule has 1 aromatic carbocycles. The largest absolute Gasteiger partial charge is 0.494 e. The molecule has 11 nitrogen and oxygen atoms in total. The van der Waals surface area contributed by atoms with Gasteiger partial charge in [-0.25, -0.2) is 9.78 Å². The van der Waals surface area contributed by atoms with E-state index in [4.69, 9.17) is 30.5 Å². The molecular formula is C37H51ClN4O7. The SMILES string of the molecule is CCOC(=O)[C@@]12C[C@H]1C=CCCC(C)C[C@@H](C)[C@H](NCOC(C)(C)C)C(=O)N1C[C@H](Oc3ncc(OC)c4c(Cl)cccc34)C[C@H]1C(=O)N2. The van der Waals surface area contributed by atoms with Gasteiger partial charge < -0.3 is 29.2 Å². The van der Waals surface area contributed by atoms with Crippen LogP contribution in [0.15, 0.2) is 36.5 Å². The Morgan fingerprint density at radius 1 is 1.20 bits per heavy atom. The number of allylic oxidation sites excluding steroid dienone is 1. The molecule has 3 aliphatic rings.